The minimum absolute atomic E-state index is 0.269. The third-order valence-corrected chi connectivity index (χ3v) is 5.24. The second-order valence-corrected chi connectivity index (χ2v) is 7.51. The van der Waals surface area contributed by atoms with Gasteiger partial charge in [-0.3, -0.25) is 9.59 Å². The Kier molecular flexibility index (Phi) is 11.6. The van der Waals surface area contributed by atoms with Crippen molar-refractivity contribution in [2.75, 3.05) is 6.54 Å². The zero-order valence-corrected chi connectivity index (χ0v) is 15.5. The van der Waals surface area contributed by atoms with Crippen LogP contribution in [0.4, 0.5) is 0 Å². The first-order valence-corrected chi connectivity index (χ1v) is 10.1. The summed E-state index contributed by atoms with van der Waals surface area (Å²) < 4.78 is 0. The largest absolute Gasteiger partial charge is 0.481 e. The Morgan fingerprint density at radius 2 is 1.38 bits per heavy atom. The molecule has 2 saturated carbocycles. The molecule has 0 aromatic rings. The van der Waals surface area contributed by atoms with Gasteiger partial charge in [-0.25, -0.2) is 0 Å². The fourth-order valence-corrected chi connectivity index (χ4v) is 3.77. The molecular formula is C20H37NO3. The molecule has 4 heteroatoms. The van der Waals surface area contributed by atoms with E-state index in [-0.39, 0.29) is 5.91 Å². The summed E-state index contributed by atoms with van der Waals surface area (Å²) in [6, 6.07) is 0. The molecule has 0 spiro atoms. The number of rotatable bonds is 7. The Bertz CT molecular complexity index is 345. The molecule has 4 nitrogen and oxygen atoms in total. The molecule has 0 atom stereocenters. The highest BCUT2D eigenvalue weighted by molar-refractivity contribution is 5.76. The van der Waals surface area contributed by atoms with Gasteiger partial charge in [0.2, 0.25) is 5.91 Å². The van der Waals surface area contributed by atoms with Crippen LogP contribution in [0.3, 0.4) is 0 Å². The standard InChI is InChI=1S/C12H23NO.C8H14O2/c1-2-3-9-13-12(14)10-11-7-5-4-6-8-11;9-8(10)6-7-4-2-1-3-5-7/h11H,2-10H2,1H3,(H,13,14);7H,1-6H2,(H,9,10). The summed E-state index contributed by atoms with van der Waals surface area (Å²) in [4.78, 5) is 21.7. The number of hydrogen-bond acceptors (Lipinski definition) is 2. The quantitative estimate of drug-likeness (QED) is 0.647. The number of nitrogens with one attached hydrogen (secondary N) is 1. The first-order valence-electron chi connectivity index (χ1n) is 10.1. The molecule has 0 saturated heterocycles. The lowest BCUT2D eigenvalue weighted by Gasteiger charge is -2.20. The van der Waals surface area contributed by atoms with E-state index >= 15 is 0 Å². The molecule has 0 aromatic heterocycles. The average Bonchev–Trinajstić information content (AvgIpc) is 2.57. The van der Waals surface area contributed by atoms with Gasteiger partial charge in [0.1, 0.15) is 0 Å². The van der Waals surface area contributed by atoms with Crippen molar-refractivity contribution < 1.29 is 14.7 Å². The van der Waals surface area contributed by atoms with Crippen molar-refractivity contribution in [3.8, 4) is 0 Å². The van der Waals surface area contributed by atoms with Crippen LogP contribution in [-0.4, -0.2) is 23.5 Å². The van der Waals surface area contributed by atoms with Crippen molar-refractivity contribution in [1.82, 2.24) is 5.32 Å². The van der Waals surface area contributed by atoms with Gasteiger partial charge >= 0.3 is 5.97 Å². The summed E-state index contributed by atoms with van der Waals surface area (Å²) in [5.41, 5.74) is 0. The van der Waals surface area contributed by atoms with Crippen molar-refractivity contribution in [2.24, 2.45) is 11.8 Å². The Morgan fingerprint density at radius 1 is 0.875 bits per heavy atom. The Labute approximate surface area is 147 Å². The molecule has 0 unspecified atom stereocenters. The summed E-state index contributed by atoms with van der Waals surface area (Å²) in [7, 11) is 0. The summed E-state index contributed by atoms with van der Waals surface area (Å²) in [6.45, 7) is 3.01. The second-order valence-electron chi connectivity index (χ2n) is 7.51. The van der Waals surface area contributed by atoms with E-state index in [1.54, 1.807) is 0 Å². The number of hydrogen-bond donors (Lipinski definition) is 2. The van der Waals surface area contributed by atoms with Gasteiger partial charge in [-0.15, -0.1) is 0 Å². The number of aliphatic carboxylic acids is 1. The topological polar surface area (TPSA) is 66.4 Å². The Balaban J connectivity index is 0.000000254. The smallest absolute Gasteiger partial charge is 0.303 e. The van der Waals surface area contributed by atoms with Gasteiger partial charge in [0.25, 0.3) is 0 Å². The van der Waals surface area contributed by atoms with Crippen LogP contribution in [-0.2, 0) is 9.59 Å². The first-order chi connectivity index (χ1) is 11.6. The van der Waals surface area contributed by atoms with E-state index in [0.717, 1.165) is 38.6 Å². The molecule has 24 heavy (non-hydrogen) atoms. The van der Waals surface area contributed by atoms with Crippen LogP contribution in [0.25, 0.3) is 0 Å². The number of amides is 1. The fourth-order valence-electron chi connectivity index (χ4n) is 3.77. The first kappa shape index (κ1) is 21.0. The van der Waals surface area contributed by atoms with Gasteiger partial charge in [0, 0.05) is 19.4 Å². The van der Waals surface area contributed by atoms with Crippen molar-refractivity contribution in [1.29, 1.82) is 0 Å². The molecule has 2 aliphatic rings. The van der Waals surface area contributed by atoms with Crippen LogP contribution in [0.2, 0.25) is 0 Å². The third-order valence-electron chi connectivity index (χ3n) is 5.24. The summed E-state index contributed by atoms with van der Waals surface area (Å²) in [6.07, 6.45) is 16.0. The highest BCUT2D eigenvalue weighted by atomic mass is 16.4. The number of carbonyl (C=O) groups is 2. The molecule has 140 valence electrons. The molecule has 2 N–H and O–H groups in total. The molecule has 0 aromatic carbocycles. The van der Waals surface area contributed by atoms with Gasteiger partial charge < -0.3 is 10.4 Å². The lowest BCUT2D eigenvalue weighted by molar-refractivity contribution is -0.138. The van der Waals surface area contributed by atoms with Crippen LogP contribution in [0.1, 0.15) is 96.8 Å². The number of carbonyl (C=O) groups excluding carboxylic acids is 1. The molecule has 0 heterocycles. The lowest BCUT2D eigenvalue weighted by Crippen LogP contribution is -2.27. The van der Waals surface area contributed by atoms with Crippen LogP contribution < -0.4 is 5.32 Å². The van der Waals surface area contributed by atoms with Crippen molar-refractivity contribution >= 4 is 11.9 Å². The zero-order valence-electron chi connectivity index (χ0n) is 15.5. The molecule has 2 fully saturated rings. The predicted molar refractivity (Wildman–Crippen MR) is 97.9 cm³/mol. The van der Waals surface area contributed by atoms with E-state index in [1.165, 1.54) is 51.4 Å². The SMILES string of the molecule is CCCCNC(=O)CC1CCCCC1.O=C(O)CC1CCCCC1. The maximum atomic E-state index is 11.5. The van der Waals surface area contributed by atoms with E-state index in [9.17, 15) is 9.59 Å². The van der Waals surface area contributed by atoms with Crippen LogP contribution in [0.5, 0.6) is 0 Å². The van der Waals surface area contributed by atoms with Crippen LogP contribution in [0.15, 0.2) is 0 Å². The van der Waals surface area contributed by atoms with Crippen LogP contribution in [0, 0.1) is 11.8 Å². The maximum Gasteiger partial charge on any atom is 0.303 e. The second kappa shape index (κ2) is 13.3. The van der Waals surface area contributed by atoms with Crippen molar-refractivity contribution in [3.63, 3.8) is 0 Å². The van der Waals surface area contributed by atoms with E-state index in [1.807, 2.05) is 0 Å². The number of carboxylic acid groups (broad SMARTS) is 1. The number of unbranched alkanes of at least 4 members (excludes halogenated alkanes) is 1. The molecule has 0 bridgehead atoms. The average molecular weight is 340 g/mol. The van der Waals surface area contributed by atoms with E-state index < -0.39 is 5.97 Å². The Morgan fingerprint density at radius 3 is 1.83 bits per heavy atom. The molecule has 0 radical (unpaired) electrons. The van der Waals surface area contributed by atoms with E-state index in [4.69, 9.17) is 5.11 Å². The third kappa shape index (κ3) is 10.7. The lowest BCUT2D eigenvalue weighted by atomic mass is 9.87. The van der Waals surface area contributed by atoms with Gasteiger partial charge in [-0.05, 0) is 43.9 Å². The predicted octanol–water partition coefficient (Wildman–Crippen LogP) is 4.91. The van der Waals surface area contributed by atoms with Gasteiger partial charge in [-0.1, -0.05) is 51.9 Å². The van der Waals surface area contributed by atoms with Crippen molar-refractivity contribution in [3.05, 3.63) is 0 Å². The molecule has 0 aliphatic heterocycles. The summed E-state index contributed by atoms with van der Waals surface area (Å²) in [5.74, 6) is 0.786. The molecule has 1 amide bonds. The summed E-state index contributed by atoms with van der Waals surface area (Å²) in [5, 5.41) is 11.5. The molecule has 2 aliphatic carbocycles. The fraction of sp³-hybridized carbons (Fsp3) is 0.900. The van der Waals surface area contributed by atoms with Crippen LogP contribution >= 0.6 is 0 Å². The Hall–Kier alpha value is -1.06. The highest BCUT2D eigenvalue weighted by Gasteiger charge is 2.16. The van der Waals surface area contributed by atoms with Gasteiger partial charge in [0.05, 0.1) is 0 Å². The van der Waals surface area contributed by atoms with E-state index in [0.29, 0.717) is 18.3 Å². The van der Waals surface area contributed by atoms with Gasteiger partial charge in [0.15, 0.2) is 0 Å². The van der Waals surface area contributed by atoms with E-state index in [2.05, 4.69) is 12.2 Å². The summed E-state index contributed by atoms with van der Waals surface area (Å²) >= 11 is 0. The van der Waals surface area contributed by atoms with Crippen molar-refractivity contribution in [2.45, 2.75) is 96.8 Å². The monoisotopic (exact) mass is 339 g/mol. The van der Waals surface area contributed by atoms with Gasteiger partial charge in [-0.2, -0.15) is 0 Å². The molecule has 2 rings (SSSR count). The maximum absolute atomic E-state index is 11.5. The minimum Gasteiger partial charge on any atom is -0.481 e. The minimum atomic E-state index is -0.632. The number of carboxylic acids is 1. The highest BCUT2D eigenvalue weighted by Crippen LogP contribution is 2.26. The zero-order chi connectivity index (χ0) is 17.6. The molecular weight excluding hydrogens is 302 g/mol. The normalized spacial score (nSPS) is 19.2.